The molecule has 0 radical (unpaired) electrons. The summed E-state index contributed by atoms with van der Waals surface area (Å²) in [4.78, 5) is 21.9. The summed E-state index contributed by atoms with van der Waals surface area (Å²) in [7, 11) is 1.84. The van der Waals surface area contributed by atoms with E-state index >= 15 is 0 Å². The van der Waals surface area contributed by atoms with Gasteiger partial charge in [0.15, 0.2) is 0 Å². The fraction of sp³-hybridized carbons (Fsp3) is 0.118. The molecule has 1 N–H and O–H groups in total. The van der Waals surface area contributed by atoms with E-state index in [1.54, 1.807) is 22.2 Å². The molecule has 0 fully saturated rings. The Morgan fingerprint density at radius 3 is 2.65 bits per heavy atom. The normalized spacial score (nSPS) is 11.2. The highest BCUT2D eigenvalue weighted by Crippen LogP contribution is 2.35. The standard InChI is InChI=1S/C17H14N4OS/c1-10-13-16(22)19-15(12-8-18-21(2)9-12)20-17(13)23-14(10)11-6-4-3-5-7-11/h3-9H,1-2H3,(H,19,20,22). The van der Waals surface area contributed by atoms with E-state index in [0.717, 1.165) is 26.4 Å². The van der Waals surface area contributed by atoms with E-state index in [1.165, 1.54) is 0 Å². The number of nitrogens with one attached hydrogen (secondary N) is 1. The van der Waals surface area contributed by atoms with Crippen LogP contribution in [0.2, 0.25) is 0 Å². The minimum atomic E-state index is -0.107. The van der Waals surface area contributed by atoms with Crippen molar-refractivity contribution in [2.24, 2.45) is 7.05 Å². The third-order valence-electron chi connectivity index (χ3n) is 3.81. The van der Waals surface area contributed by atoms with Crippen molar-refractivity contribution in [3.63, 3.8) is 0 Å². The number of fused-ring (bicyclic) bond motifs is 1. The molecule has 0 aliphatic heterocycles. The van der Waals surface area contributed by atoms with Crippen molar-refractivity contribution in [3.8, 4) is 21.8 Å². The number of aryl methyl sites for hydroxylation is 2. The van der Waals surface area contributed by atoms with Crippen molar-refractivity contribution in [1.29, 1.82) is 0 Å². The topological polar surface area (TPSA) is 63.6 Å². The third-order valence-corrected chi connectivity index (χ3v) is 5.05. The van der Waals surface area contributed by atoms with E-state index in [-0.39, 0.29) is 5.56 Å². The average Bonchev–Trinajstić information content (AvgIpc) is 3.12. The molecule has 3 aromatic heterocycles. The summed E-state index contributed by atoms with van der Waals surface area (Å²) in [6, 6.07) is 10.1. The first-order valence-electron chi connectivity index (χ1n) is 7.21. The molecule has 0 amide bonds. The Hall–Kier alpha value is -2.73. The monoisotopic (exact) mass is 322 g/mol. The lowest BCUT2D eigenvalue weighted by Crippen LogP contribution is -2.08. The van der Waals surface area contributed by atoms with E-state index < -0.39 is 0 Å². The molecular formula is C17H14N4OS. The van der Waals surface area contributed by atoms with Crippen LogP contribution in [0.1, 0.15) is 5.56 Å². The van der Waals surface area contributed by atoms with Crippen LogP contribution >= 0.6 is 11.3 Å². The van der Waals surface area contributed by atoms with Crippen LogP contribution < -0.4 is 5.56 Å². The van der Waals surface area contributed by atoms with Gasteiger partial charge in [-0.25, -0.2) is 4.98 Å². The predicted octanol–water partition coefficient (Wildman–Crippen LogP) is 3.36. The van der Waals surface area contributed by atoms with Crippen LogP contribution in [-0.4, -0.2) is 19.7 Å². The lowest BCUT2D eigenvalue weighted by atomic mass is 10.1. The molecule has 0 spiro atoms. The van der Waals surface area contributed by atoms with Gasteiger partial charge in [0.2, 0.25) is 0 Å². The van der Waals surface area contributed by atoms with Gasteiger partial charge in [0.25, 0.3) is 5.56 Å². The summed E-state index contributed by atoms with van der Waals surface area (Å²) < 4.78 is 1.69. The molecular weight excluding hydrogens is 308 g/mol. The van der Waals surface area contributed by atoms with Crippen molar-refractivity contribution in [1.82, 2.24) is 19.7 Å². The Balaban J connectivity index is 1.96. The maximum atomic E-state index is 12.5. The molecule has 3 heterocycles. The first-order valence-corrected chi connectivity index (χ1v) is 8.03. The molecule has 4 aromatic rings. The number of aromatic nitrogens is 4. The number of hydrogen-bond donors (Lipinski definition) is 1. The first-order chi connectivity index (χ1) is 11.1. The quantitative estimate of drug-likeness (QED) is 0.615. The SMILES string of the molecule is Cc1c(-c2ccccc2)sc2nc(-c3cnn(C)c3)[nH]c(=O)c12. The van der Waals surface area contributed by atoms with Gasteiger partial charge in [0.1, 0.15) is 10.7 Å². The highest BCUT2D eigenvalue weighted by atomic mass is 32.1. The maximum absolute atomic E-state index is 12.5. The Kier molecular flexibility index (Phi) is 3.12. The lowest BCUT2D eigenvalue weighted by molar-refractivity contribution is 0.768. The number of thiophene rings is 1. The van der Waals surface area contributed by atoms with Crippen molar-refractivity contribution < 1.29 is 0 Å². The van der Waals surface area contributed by atoms with Crippen LogP contribution in [-0.2, 0) is 7.05 Å². The van der Waals surface area contributed by atoms with Crippen LogP contribution in [0.4, 0.5) is 0 Å². The average molecular weight is 322 g/mol. The highest BCUT2D eigenvalue weighted by molar-refractivity contribution is 7.22. The van der Waals surface area contributed by atoms with Gasteiger partial charge in [-0.2, -0.15) is 5.10 Å². The summed E-state index contributed by atoms with van der Waals surface area (Å²) >= 11 is 1.55. The second-order valence-electron chi connectivity index (χ2n) is 5.42. The molecule has 0 aliphatic carbocycles. The molecule has 6 heteroatoms. The molecule has 23 heavy (non-hydrogen) atoms. The molecule has 0 atom stereocenters. The van der Waals surface area contributed by atoms with Gasteiger partial charge in [0, 0.05) is 18.1 Å². The molecule has 0 saturated heterocycles. The van der Waals surface area contributed by atoms with Crippen molar-refractivity contribution in [2.75, 3.05) is 0 Å². The Morgan fingerprint density at radius 1 is 1.17 bits per heavy atom. The molecule has 5 nitrogen and oxygen atoms in total. The highest BCUT2D eigenvalue weighted by Gasteiger charge is 2.16. The summed E-state index contributed by atoms with van der Waals surface area (Å²) in [5.41, 5.74) is 2.78. The number of rotatable bonds is 2. The molecule has 0 bridgehead atoms. The van der Waals surface area contributed by atoms with Crippen LogP contribution in [0.5, 0.6) is 0 Å². The van der Waals surface area contributed by atoms with Crippen LogP contribution in [0.15, 0.2) is 47.5 Å². The molecule has 0 unspecified atom stereocenters. The van der Waals surface area contributed by atoms with Gasteiger partial charge in [-0.05, 0) is 18.1 Å². The third kappa shape index (κ3) is 2.27. The number of nitrogens with zero attached hydrogens (tertiary/aromatic N) is 3. The molecule has 4 rings (SSSR count). The second kappa shape index (κ2) is 5.17. The Labute approximate surface area is 136 Å². The van der Waals surface area contributed by atoms with Crippen LogP contribution in [0, 0.1) is 6.92 Å². The van der Waals surface area contributed by atoms with E-state index in [2.05, 4.69) is 15.1 Å². The van der Waals surface area contributed by atoms with Gasteiger partial charge in [0.05, 0.1) is 17.1 Å². The fourth-order valence-electron chi connectivity index (χ4n) is 2.69. The predicted molar refractivity (Wildman–Crippen MR) is 92.6 cm³/mol. The minimum absolute atomic E-state index is 0.107. The number of aromatic amines is 1. The molecule has 0 aliphatic rings. The number of hydrogen-bond acceptors (Lipinski definition) is 4. The first kappa shape index (κ1) is 13.9. The molecule has 1 aromatic carbocycles. The van der Waals surface area contributed by atoms with Gasteiger partial charge in [-0.15, -0.1) is 11.3 Å². The molecule has 114 valence electrons. The number of benzene rings is 1. The van der Waals surface area contributed by atoms with Crippen molar-refractivity contribution in [3.05, 3.63) is 58.6 Å². The Morgan fingerprint density at radius 2 is 1.96 bits per heavy atom. The zero-order valence-corrected chi connectivity index (χ0v) is 13.5. The second-order valence-corrected chi connectivity index (χ2v) is 6.42. The van der Waals surface area contributed by atoms with Gasteiger partial charge >= 0.3 is 0 Å². The van der Waals surface area contributed by atoms with Gasteiger partial charge in [-0.3, -0.25) is 9.48 Å². The zero-order chi connectivity index (χ0) is 16.0. The summed E-state index contributed by atoms with van der Waals surface area (Å²) in [6.07, 6.45) is 3.53. The smallest absolute Gasteiger partial charge is 0.260 e. The van der Waals surface area contributed by atoms with Gasteiger partial charge < -0.3 is 4.98 Å². The van der Waals surface area contributed by atoms with Crippen LogP contribution in [0.25, 0.3) is 32.0 Å². The van der Waals surface area contributed by atoms with Gasteiger partial charge in [-0.1, -0.05) is 30.3 Å². The van der Waals surface area contributed by atoms with E-state index in [4.69, 9.17) is 0 Å². The van der Waals surface area contributed by atoms with Crippen LogP contribution in [0.3, 0.4) is 0 Å². The van der Waals surface area contributed by atoms with Crippen molar-refractivity contribution in [2.45, 2.75) is 6.92 Å². The van der Waals surface area contributed by atoms with Crippen molar-refractivity contribution >= 4 is 21.6 Å². The summed E-state index contributed by atoms with van der Waals surface area (Å²) in [5, 5.41) is 4.80. The maximum Gasteiger partial charge on any atom is 0.260 e. The largest absolute Gasteiger partial charge is 0.306 e. The summed E-state index contributed by atoms with van der Waals surface area (Å²) in [5.74, 6) is 0.552. The van der Waals surface area contributed by atoms with E-state index in [9.17, 15) is 4.79 Å². The Bertz CT molecular complexity index is 1060. The summed E-state index contributed by atoms with van der Waals surface area (Å²) in [6.45, 7) is 1.97. The number of H-pyrrole nitrogens is 1. The van der Waals surface area contributed by atoms with E-state index in [1.807, 2.05) is 50.5 Å². The van der Waals surface area contributed by atoms with E-state index in [0.29, 0.717) is 11.2 Å². The minimum Gasteiger partial charge on any atom is -0.306 e. The lowest BCUT2D eigenvalue weighted by Gasteiger charge is -1.98. The zero-order valence-electron chi connectivity index (χ0n) is 12.7. The fourth-order valence-corrected chi connectivity index (χ4v) is 3.88. The molecule has 0 saturated carbocycles.